The Morgan fingerprint density at radius 2 is 2.00 bits per heavy atom. The van der Waals surface area contributed by atoms with Crippen molar-refractivity contribution in [2.75, 3.05) is 6.61 Å². The maximum absolute atomic E-state index is 5.53. The molecule has 1 saturated heterocycles. The van der Waals surface area contributed by atoms with E-state index in [2.05, 4.69) is 20.8 Å². The third-order valence-corrected chi connectivity index (χ3v) is 1.74. The predicted octanol–water partition coefficient (Wildman–Crippen LogP) is 1.59. The Morgan fingerprint density at radius 3 is 2.30 bits per heavy atom. The van der Waals surface area contributed by atoms with Crippen molar-refractivity contribution in [2.45, 2.75) is 45.5 Å². The second-order valence-corrected chi connectivity index (χ2v) is 3.09. The van der Waals surface area contributed by atoms with Crippen molar-refractivity contribution in [2.24, 2.45) is 0 Å². The predicted molar refractivity (Wildman–Crippen MR) is 40.0 cm³/mol. The SMILES string of the molecule is CC(C)O[C@H](C)C1CCO1. The molecule has 0 aromatic heterocycles. The first-order chi connectivity index (χ1) is 4.70. The average Bonchev–Trinajstić information content (AvgIpc) is 1.55. The Bertz CT molecular complexity index is 97.4. The minimum Gasteiger partial charge on any atom is -0.375 e. The molecule has 0 spiro atoms. The molecule has 2 atom stereocenters. The first kappa shape index (κ1) is 8.02. The molecular formula is C8H16O2. The van der Waals surface area contributed by atoms with E-state index in [-0.39, 0.29) is 6.10 Å². The van der Waals surface area contributed by atoms with E-state index >= 15 is 0 Å². The summed E-state index contributed by atoms with van der Waals surface area (Å²) in [6.45, 7) is 7.09. The lowest BCUT2D eigenvalue weighted by molar-refractivity contribution is -0.143. The van der Waals surface area contributed by atoms with Gasteiger partial charge in [0.2, 0.25) is 0 Å². The van der Waals surface area contributed by atoms with Crippen molar-refractivity contribution in [1.29, 1.82) is 0 Å². The number of rotatable bonds is 3. The van der Waals surface area contributed by atoms with Gasteiger partial charge in [0.05, 0.1) is 18.3 Å². The second-order valence-electron chi connectivity index (χ2n) is 3.09. The fraction of sp³-hybridized carbons (Fsp3) is 1.00. The zero-order valence-electron chi connectivity index (χ0n) is 6.96. The van der Waals surface area contributed by atoms with E-state index < -0.39 is 0 Å². The van der Waals surface area contributed by atoms with Gasteiger partial charge in [0.25, 0.3) is 0 Å². The maximum Gasteiger partial charge on any atom is 0.0856 e. The van der Waals surface area contributed by atoms with Gasteiger partial charge in [-0.05, 0) is 27.2 Å². The van der Waals surface area contributed by atoms with Crippen LogP contribution < -0.4 is 0 Å². The fourth-order valence-electron chi connectivity index (χ4n) is 1.14. The third kappa shape index (κ3) is 1.96. The zero-order valence-corrected chi connectivity index (χ0v) is 6.96. The smallest absolute Gasteiger partial charge is 0.0856 e. The minimum atomic E-state index is 0.272. The summed E-state index contributed by atoms with van der Waals surface area (Å²) in [6, 6.07) is 0. The number of ether oxygens (including phenoxy) is 2. The van der Waals surface area contributed by atoms with Crippen LogP contribution in [0.5, 0.6) is 0 Å². The van der Waals surface area contributed by atoms with E-state index in [0.29, 0.717) is 12.2 Å². The van der Waals surface area contributed by atoms with E-state index in [9.17, 15) is 0 Å². The van der Waals surface area contributed by atoms with Crippen LogP contribution in [-0.4, -0.2) is 24.9 Å². The van der Waals surface area contributed by atoms with E-state index in [1.807, 2.05) is 0 Å². The van der Waals surface area contributed by atoms with Crippen molar-refractivity contribution in [3.8, 4) is 0 Å². The van der Waals surface area contributed by atoms with Gasteiger partial charge in [0, 0.05) is 6.61 Å². The molecule has 1 aliphatic heterocycles. The van der Waals surface area contributed by atoms with Crippen LogP contribution in [0.3, 0.4) is 0 Å². The highest BCUT2D eigenvalue weighted by Gasteiger charge is 2.25. The van der Waals surface area contributed by atoms with E-state index in [1.165, 1.54) is 0 Å². The summed E-state index contributed by atoms with van der Waals surface area (Å²) in [4.78, 5) is 0. The van der Waals surface area contributed by atoms with Gasteiger partial charge in [-0.15, -0.1) is 0 Å². The Hall–Kier alpha value is -0.0800. The van der Waals surface area contributed by atoms with Gasteiger partial charge < -0.3 is 9.47 Å². The van der Waals surface area contributed by atoms with Gasteiger partial charge in [-0.25, -0.2) is 0 Å². The van der Waals surface area contributed by atoms with Gasteiger partial charge in [-0.2, -0.15) is 0 Å². The lowest BCUT2D eigenvalue weighted by Crippen LogP contribution is -2.39. The van der Waals surface area contributed by atoms with Crippen LogP contribution in [0.1, 0.15) is 27.2 Å². The van der Waals surface area contributed by atoms with Crippen molar-refractivity contribution in [3.63, 3.8) is 0 Å². The molecule has 0 saturated carbocycles. The summed E-state index contributed by atoms with van der Waals surface area (Å²) in [7, 11) is 0. The van der Waals surface area contributed by atoms with Crippen LogP contribution >= 0.6 is 0 Å². The minimum absolute atomic E-state index is 0.272. The Morgan fingerprint density at radius 1 is 1.40 bits per heavy atom. The molecule has 60 valence electrons. The standard InChI is InChI=1S/C8H16O2/c1-6(2)10-7(3)8-4-5-9-8/h6-8H,4-5H2,1-3H3/t7-,8?/m1/s1. The van der Waals surface area contributed by atoms with Gasteiger partial charge in [-0.1, -0.05) is 0 Å². The molecule has 0 N–H and O–H groups in total. The lowest BCUT2D eigenvalue weighted by atomic mass is 10.1. The van der Waals surface area contributed by atoms with Gasteiger partial charge in [0.1, 0.15) is 0 Å². The van der Waals surface area contributed by atoms with Crippen LogP contribution in [0.4, 0.5) is 0 Å². The van der Waals surface area contributed by atoms with Gasteiger partial charge in [-0.3, -0.25) is 0 Å². The monoisotopic (exact) mass is 144 g/mol. The van der Waals surface area contributed by atoms with Crippen LogP contribution in [-0.2, 0) is 9.47 Å². The Kier molecular flexibility index (Phi) is 2.69. The molecule has 1 rings (SSSR count). The summed E-state index contributed by atoms with van der Waals surface area (Å²) >= 11 is 0. The summed E-state index contributed by atoms with van der Waals surface area (Å²) in [5, 5.41) is 0. The average molecular weight is 144 g/mol. The molecule has 1 unspecified atom stereocenters. The van der Waals surface area contributed by atoms with E-state index in [4.69, 9.17) is 9.47 Å². The van der Waals surface area contributed by atoms with Crippen LogP contribution in [0.2, 0.25) is 0 Å². The summed E-state index contributed by atoms with van der Waals surface area (Å²) in [5.74, 6) is 0. The molecule has 0 amide bonds. The summed E-state index contributed by atoms with van der Waals surface area (Å²) in [5.41, 5.74) is 0. The van der Waals surface area contributed by atoms with Crippen molar-refractivity contribution < 1.29 is 9.47 Å². The fourth-order valence-corrected chi connectivity index (χ4v) is 1.14. The third-order valence-electron chi connectivity index (χ3n) is 1.74. The van der Waals surface area contributed by atoms with Gasteiger partial charge in [0.15, 0.2) is 0 Å². The van der Waals surface area contributed by atoms with Crippen molar-refractivity contribution >= 4 is 0 Å². The first-order valence-electron chi connectivity index (χ1n) is 3.97. The summed E-state index contributed by atoms with van der Waals surface area (Å²) in [6.07, 6.45) is 2.11. The molecule has 0 radical (unpaired) electrons. The lowest BCUT2D eigenvalue weighted by Gasteiger charge is -2.32. The molecule has 0 aromatic carbocycles. The molecule has 1 fully saturated rings. The van der Waals surface area contributed by atoms with Crippen molar-refractivity contribution in [3.05, 3.63) is 0 Å². The molecular weight excluding hydrogens is 128 g/mol. The largest absolute Gasteiger partial charge is 0.375 e. The summed E-state index contributed by atoms with van der Waals surface area (Å²) < 4.78 is 10.8. The molecule has 0 aromatic rings. The number of hydrogen-bond acceptors (Lipinski definition) is 2. The highest BCUT2D eigenvalue weighted by Crippen LogP contribution is 2.18. The quantitative estimate of drug-likeness (QED) is 0.599. The molecule has 2 nitrogen and oxygen atoms in total. The Balaban J connectivity index is 2.13. The highest BCUT2D eigenvalue weighted by atomic mass is 16.6. The van der Waals surface area contributed by atoms with Gasteiger partial charge >= 0.3 is 0 Å². The molecule has 1 aliphatic rings. The van der Waals surface area contributed by atoms with Crippen LogP contribution in [0, 0.1) is 0 Å². The van der Waals surface area contributed by atoms with Crippen LogP contribution in [0.15, 0.2) is 0 Å². The molecule has 0 aliphatic carbocycles. The molecule has 10 heavy (non-hydrogen) atoms. The Labute approximate surface area is 62.5 Å². The first-order valence-corrected chi connectivity index (χ1v) is 3.97. The normalized spacial score (nSPS) is 28.2. The van der Waals surface area contributed by atoms with Crippen LogP contribution in [0.25, 0.3) is 0 Å². The number of hydrogen-bond donors (Lipinski definition) is 0. The van der Waals surface area contributed by atoms with E-state index in [0.717, 1.165) is 13.0 Å². The van der Waals surface area contributed by atoms with Crippen molar-refractivity contribution in [1.82, 2.24) is 0 Å². The zero-order chi connectivity index (χ0) is 7.56. The highest BCUT2D eigenvalue weighted by molar-refractivity contribution is 4.73. The van der Waals surface area contributed by atoms with E-state index in [1.54, 1.807) is 0 Å². The molecule has 2 heteroatoms. The molecule has 1 heterocycles. The molecule has 0 bridgehead atoms. The maximum atomic E-state index is 5.53. The topological polar surface area (TPSA) is 18.5 Å². The second kappa shape index (κ2) is 3.35.